The van der Waals surface area contributed by atoms with Crippen LogP contribution in [0, 0.1) is 0 Å². The predicted molar refractivity (Wildman–Crippen MR) is 68.2 cm³/mol. The first-order chi connectivity index (χ1) is 9.54. The number of carbonyl (C=O) groups excluding carboxylic acids is 1. The van der Waals surface area contributed by atoms with Crippen molar-refractivity contribution in [2.45, 2.75) is 39.7 Å². The van der Waals surface area contributed by atoms with E-state index in [1.54, 1.807) is 13.8 Å². The van der Waals surface area contributed by atoms with E-state index in [0.717, 1.165) is 6.42 Å². The Bertz CT molecular complexity index is 603. The topological polar surface area (TPSA) is 122 Å². The van der Waals surface area contributed by atoms with Crippen LogP contribution in [0.4, 0.5) is 5.82 Å². The molecule has 0 radical (unpaired) electrons. The second-order valence-electron chi connectivity index (χ2n) is 4.47. The molecule has 0 aliphatic carbocycles. The van der Waals surface area contributed by atoms with Crippen LogP contribution < -0.4 is 5.73 Å². The van der Waals surface area contributed by atoms with Crippen LogP contribution >= 0.6 is 0 Å². The Morgan fingerprint density at radius 2 is 2.20 bits per heavy atom. The van der Waals surface area contributed by atoms with Crippen molar-refractivity contribution < 1.29 is 14.2 Å². The third-order valence-corrected chi connectivity index (χ3v) is 2.48. The summed E-state index contributed by atoms with van der Waals surface area (Å²) in [5, 5.41) is 14.9. The summed E-state index contributed by atoms with van der Waals surface area (Å²) >= 11 is 0. The largest absolute Gasteiger partial charge is 0.458 e. The molecule has 0 bridgehead atoms. The van der Waals surface area contributed by atoms with E-state index in [1.807, 2.05) is 6.92 Å². The van der Waals surface area contributed by atoms with Crippen LogP contribution in [0.5, 0.6) is 0 Å². The lowest BCUT2D eigenvalue weighted by molar-refractivity contribution is 0.0369. The predicted octanol–water partition coefficient (Wildman–Crippen LogP) is 0.750. The fraction of sp³-hybridized carbons (Fsp3) is 0.545. The van der Waals surface area contributed by atoms with Gasteiger partial charge in [0, 0.05) is 0 Å². The van der Waals surface area contributed by atoms with Gasteiger partial charge in [-0.05, 0) is 30.6 Å². The Morgan fingerprint density at radius 1 is 1.45 bits per heavy atom. The third kappa shape index (κ3) is 2.60. The van der Waals surface area contributed by atoms with Crippen LogP contribution in [0.1, 0.15) is 43.4 Å². The summed E-state index contributed by atoms with van der Waals surface area (Å²) in [5.74, 6) is -0.231. The Hall–Kier alpha value is -2.45. The number of hydrogen-bond acceptors (Lipinski definition) is 8. The lowest BCUT2D eigenvalue weighted by Crippen LogP contribution is -2.15. The highest BCUT2D eigenvalue weighted by atomic mass is 16.6. The molecule has 2 N–H and O–H groups in total. The van der Waals surface area contributed by atoms with Gasteiger partial charge in [-0.1, -0.05) is 18.6 Å². The molecule has 9 heteroatoms. The van der Waals surface area contributed by atoms with Gasteiger partial charge in [-0.2, -0.15) is 4.68 Å². The van der Waals surface area contributed by atoms with Crippen molar-refractivity contribution in [3.05, 3.63) is 11.4 Å². The molecule has 0 fully saturated rings. The number of nitrogens with two attached hydrogens (primary N) is 1. The number of rotatable bonds is 5. The second kappa shape index (κ2) is 5.68. The quantitative estimate of drug-likeness (QED) is 0.796. The number of ether oxygens (including phenoxy) is 1. The summed E-state index contributed by atoms with van der Waals surface area (Å²) in [5.41, 5.74) is 6.36. The maximum absolute atomic E-state index is 12.0. The van der Waals surface area contributed by atoms with Crippen LogP contribution in [-0.2, 0) is 11.2 Å². The minimum absolute atomic E-state index is 0.0797. The number of nitrogen functional groups attached to an aromatic ring is 1. The van der Waals surface area contributed by atoms with Gasteiger partial charge < -0.3 is 10.5 Å². The number of anilines is 1. The number of aromatic nitrogens is 5. The highest BCUT2D eigenvalue weighted by Crippen LogP contribution is 2.18. The van der Waals surface area contributed by atoms with E-state index >= 15 is 0 Å². The molecule has 0 aliphatic heterocycles. The molecule has 2 heterocycles. The normalized spacial score (nSPS) is 11.0. The minimum Gasteiger partial charge on any atom is -0.458 e. The zero-order valence-corrected chi connectivity index (χ0v) is 11.5. The van der Waals surface area contributed by atoms with E-state index in [4.69, 9.17) is 10.5 Å². The van der Waals surface area contributed by atoms with Gasteiger partial charge in [-0.15, -0.1) is 5.10 Å². The summed E-state index contributed by atoms with van der Waals surface area (Å²) in [6, 6.07) is 0. The van der Waals surface area contributed by atoms with Gasteiger partial charge in [0.05, 0.1) is 11.8 Å². The van der Waals surface area contributed by atoms with Gasteiger partial charge in [-0.3, -0.25) is 0 Å². The molecule has 9 nitrogen and oxygen atoms in total. The van der Waals surface area contributed by atoms with E-state index in [1.165, 1.54) is 4.68 Å². The Labute approximate surface area is 115 Å². The Kier molecular flexibility index (Phi) is 3.97. The molecule has 0 saturated heterocycles. The first-order valence-corrected chi connectivity index (χ1v) is 6.28. The van der Waals surface area contributed by atoms with Gasteiger partial charge in [0.1, 0.15) is 0 Å². The summed E-state index contributed by atoms with van der Waals surface area (Å²) in [6.45, 7) is 5.50. The molecule has 0 aromatic carbocycles. The van der Waals surface area contributed by atoms with Crippen LogP contribution in [-0.4, -0.2) is 37.4 Å². The maximum Gasteiger partial charge on any atom is 0.361 e. The first-order valence-electron chi connectivity index (χ1n) is 6.28. The lowest BCUT2D eigenvalue weighted by atomic mass is 10.2. The van der Waals surface area contributed by atoms with Gasteiger partial charge in [0.25, 0.3) is 0 Å². The molecule has 20 heavy (non-hydrogen) atoms. The Morgan fingerprint density at radius 3 is 2.75 bits per heavy atom. The summed E-state index contributed by atoms with van der Waals surface area (Å²) in [7, 11) is 0. The Balaban J connectivity index is 2.42. The van der Waals surface area contributed by atoms with Crippen LogP contribution in [0.2, 0.25) is 0 Å². The number of carbonyl (C=O) groups is 1. The zero-order valence-electron chi connectivity index (χ0n) is 11.5. The van der Waals surface area contributed by atoms with Gasteiger partial charge in [0.15, 0.2) is 5.69 Å². The minimum atomic E-state index is -0.523. The monoisotopic (exact) mass is 280 g/mol. The third-order valence-electron chi connectivity index (χ3n) is 2.48. The van der Waals surface area contributed by atoms with Crippen LogP contribution in [0.3, 0.4) is 0 Å². The molecule has 0 unspecified atom stereocenters. The van der Waals surface area contributed by atoms with E-state index in [-0.39, 0.29) is 23.4 Å². The molecule has 0 saturated carbocycles. The van der Waals surface area contributed by atoms with E-state index in [2.05, 4.69) is 25.3 Å². The molecule has 0 aliphatic rings. The van der Waals surface area contributed by atoms with Crippen molar-refractivity contribution >= 4 is 11.8 Å². The molecule has 2 rings (SSSR count). The average molecular weight is 280 g/mol. The first kappa shape index (κ1) is 14.0. The van der Waals surface area contributed by atoms with Crippen molar-refractivity contribution in [1.82, 2.24) is 25.3 Å². The zero-order chi connectivity index (χ0) is 14.7. The van der Waals surface area contributed by atoms with Gasteiger partial charge >= 0.3 is 5.97 Å². The van der Waals surface area contributed by atoms with Crippen LogP contribution in [0.15, 0.2) is 4.63 Å². The average Bonchev–Trinajstić information content (AvgIpc) is 2.95. The van der Waals surface area contributed by atoms with Crippen molar-refractivity contribution in [3.63, 3.8) is 0 Å². The van der Waals surface area contributed by atoms with Crippen molar-refractivity contribution in [1.29, 1.82) is 0 Å². The highest BCUT2D eigenvalue weighted by molar-refractivity contribution is 5.88. The molecule has 0 spiro atoms. The fourth-order valence-electron chi connectivity index (χ4n) is 1.70. The van der Waals surface area contributed by atoms with Crippen LogP contribution in [0.25, 0.3) is 5.82 Å². The summed E-state index contributed by atoms with van der Waals surface area (Å²) < 4.78 is 11.0. The molecule has 2 aromatic rings. The van der Waals surface area contributed by atoms with Crippen molar-refractivity contribution in [3.8, 4) is 5.82 Å². The van der Waals surface area contributed by atoms with Crippen molar-refractivity contribution in [2.75, 3.05) is 5.73 Å². The second-order valence-corrected chi connectivity index (χ2v) is 4.47. The van der Waals surface area contributed by atoms with Crippen molar-refractivity contribution in [2.24, 2.45) is 0 Å². The number of hydrogen-bond donors (Lipinski definition) is 1. The standard InChI is InChI=1S/C11H16N6O3/c1-4-5-7-8(11(18)19-6(2)3)13-16-17(7)10-9(12)14-20-15-10/h6H,4-5H2,1-3H3,(H2,12,14). The molecule has 0 atom stereocenters. The molecule has 2 aromatic heterocycles. The summed E-state index contributed by atoms with van der Waals surface area (Å²) in [6.07, 6.45) is 1.13. The van der Waals surface area contributed by atoms with Gasteiger partial charge in [0.2, 0.25) is 11.6 Å². The SMILES string of the molecule is CCCc1c(C(=O)OC(C)C)nnn1-c1nonc1N. The summed E-state index contributed by atoms with van der Waals surface area (Å²) in [4.78, 5) is 12.0. The molecular weight excluding hydrogens is 264 g/mol. The maximum atomic E-state index is 12.0. The molecule has 0 amide bonds. The number of nitrogens with zero attached hydrogens (tertiary/aromatic N) is 5. The van der Waals surface area contributed by atoms with E-state index in [0.29, 0.717) is 12.1 Å². The number of esters is 1. The lowest BCUT2D eigenvalue weighted by Gasteiger charge is -2.07. The van der Waals surface area contributed by atoms with E-state index < -0.39 is 5.97 Å². The fourth-order valence-corrected chi connectivity index (χ4v) is 1.70. The smallest absolute Gasteiger partial charge is 0.361 e. The highest BCUT2D eigenvalue weighted by Gasteiger charge is 2.24. The van der Waals surface area contributed by atoms with E-state index in [9.17, 15) is 4.79 Å². The van der Waals surface area contributed by atoms with Gasteiger partial charge in [-0.25, -0.2) is 9.42 Å². The molecule has 108 valence electrons. The molecular formula is C11H16N6O3.